The van der Waals surface area contributed by atoms with Crippen LogP contribution in [0.4, 0.5) is 0 Å². The van der Waals surface area contributed by atoms with E-state index < -0.39 is 0 Å². The minimum atomic E-state index is 0.350. The van der Waals surface area contributed by atoms with E-state index >= 15 is 0 Å². The van der Waals surface area contributed by atoms with Crippen molar-refractivity contribution in [1.29, 1.82) is 0 Å². The summed E-state index contributed by atoms with van der Waals surface area (Å²) < 4.78 is 0. The standard InChI is InChI=1S/C14H25N3O/c1-2-3-17-8-10(9-18)4-11-5-13-12(6-14(11)17)7-15-16-13/h7,10-11,13-16,18H,2-6,8-9H2,1H3/t10-,11+,13?,14+/m1/s1. The van der Waals surface area contributed by atoms with E-state index in [4.69, 9.17) is 0 Å². The number of nitrogens with zero attached hydrogens (tertiary/aromatic N) is 1. The minimum Gasteiger partial charge on any atom is -0.396 e. The van der Waals surface area contributed by atoms with Crippen LogP contribution in [0, 0.1) is 11.8 Å². The quantitative estimate of drug-likeness (QED) is 0.696. The second-order valence-electron chi connectivity index (χ2n) is 6.11. The Hall–Kier alpha value is -0.580. The lowest BCUT2D eigenvalue weighted by molar-refractivity contribution is 0.0164. The Balaban J connectivity index is 1.75. The lowest BCUT2D eigenvalue weighted by atomic mass is 9.72. The van der Waals surface area contributed by atoms with E-state index in [2.05, 4.69) is 28.9 Å². The molecule has 2 aliphatic heterocycles. The Morgan fingerprint density at radius 3 is 3.11 bits per heavy atom. The van der Waals surface area contributed by atoms with E-state index in [1.54, 1.807) is 5.57 Å². The predicted molar refractivity (Wildman–Crippen MR) is 71.7 cm³/mol. The smallest absolute Gasteiger partial charge is 0.0490 e. The van der Waals surface area contributed by atoms with Gasteiger partial charge < -0.3 is 10.5 Å². The van der Waals surface area contributed by atoms with Crippen LogP contribution in [-0.4, -0.2) is 41.8 Å². The monoisotopic (exact) mass is 251 g/mol. The van der Waals surface area contributed by atoms with Crippen LogP contribution in [0.25, 0.3) is 0 Å². The molecule has 2 heterocycles. The molecule has 0 aromatic heterocycles. The lowest BCUT2D eigenvalue weighted by Crippen LogP contribution is -2.54. The first kappa shape index (κ1) is 12.5. The van der Waals surface area contributed by atoms with Crippen LogP contribution in [-0.2, 0) is 0 Å². The summed E-state index contributed by atoms with van der Waals surface area (Å²) in [7, 11) is 0. The lowest BCUT2D eigenvalue weighted by Gasteiger charge is -2.48. The number of aliphatic hydroxyl groups excluding tert-OH is 1. The van der Waals surface area contributed by atoms with E-state index in [1.807, 2.05) is 0 Å². The summed E-state index contributed by atoms with van der Waals surface area (Å²) in [6, 6.07) is 1.24. The Labute approximate surface area is 109 Å². The van der Waals surface area contributed by atoms with E-state index in [1.165, 1.54) is 32.2 Å². The molecule has 1 aliphatic carbocycles. The molecule has 2 fully saturated rings. The SMILES string of the molecule is CCCN1C[C@H](CO)C[C@H]2CC3NNC=C3C[C@@H]21. The van der Waals surface area contributed by atoms with Gasteiger partial charge >= 0.3 is 0 Å². The van der Waals surface area contributed by atoms with Crippen LogP contribution in [0.5, 0.6) is 0 Å². The summed E-state index contributed by atoms with van der Waals surface area (Å²) in [6.07, 6.45) is 6.99. The van der Waals surface area contributed by atoms with E-state index in [9.17, 15) is 5.11 Å². The fourth-order valence-electron chi connectivity index (χ4n) is 4.03. The second-order valence-corrected chi connectivity index (χ2v) is 6.11. The van der Waals surface area contributed by atoms with Crippen LogP contribution in [0.15, 0.2) is 11.8 Å². The Bertz CT molecular complexity index is 331. The van der Waals surface area contributed by atoms with Crippen LogP contribution < -0.4 is 10.9 Å². The zero-order valence-electron chi connectivity index (χ0n) is 11.2. The molecule has 0 aromatic carbocycles. The maximum absolute atomic E-state index is 9.49. The number of hydrazine groups is 1. The average molecular weight is 251 g/mol. The number of likely N-dealkylation sites (tertiary alicyclic amines) is 1. The molecule has 18 heavy (non-hydrogen) atoms. The highest BCUT2D eigenvalue weighted by molar-refractivity contribution is 5.20. The molecule has 4 nitrogen and oxygen atoms in total. The van der Waals surface area contributed by atoms with Crippen LogP contribution >= 0.6 is 0 Å². The first-order valence-electron chi connectivity index (χ1n) is 7.36. The fourth-order valence-corrected chi connectivity index (χ4v) is 4.03. The number of hydrogen-bond acceptors (Lipinski definition) is 4. The van der Waals surface area contributed by atoms with Crippen molar-refractivity contribution in [1.82, 2.24) is 15.8 Å². The van der Waals surface area contributed by atoms with Crippen molar-refractivity contribution in [3.63, 3.8) is 0 Å². The summed E-state index contributed by atoms with van der Waals surface area (Å²) in [5, 5.41) is 9.49. The summed E-state index contributed by atoms with van der Waals surface area (Å²) in [5.41, 5.74) is 8.06. The molecule has 3 N–H and O–H groups in total. The molecule has 4 atom stereocenters. The van der Waals surface area contributed by atoms with Crippen molar-refractivity contribution >= 4 is 0 Å². The van der Waals surface area contributed by atoms with Gasteiger partial charge in [0, 0.05) is 31.4 Å². The number of hydrogen-bond donors (Lipinski definition) is 3. The highest BCUT2D eigenvalue weighted by atomic mass is 16.3. The molecule has 1 unspecified atom stereocenters. The molecule has 0 radical (unpaired) electrons. The van der Waals surface area contributed by atoms with Gasteiger partial charge in [0.25, 0.3) is 0 Å². The van der Waals surface area contributed by atoms with Gasteiger partial charge in [0.15, 0.2) is 0 Å². The first-order chi connectivity index (χ1) is 8.81. The van der Waals surface area contributed by atoms with E-state index in [0.717, 1.165) is 12.5 Å². The van der Waals surface area contributed by atoms with Crippen molar-refractivity contribution in [3.8, 4) is 0 Å². The second kappa shape index (κ2) is 5.19. The Morgan fingerprint density at radius 1 is 1.44 bits per heavy atom. The summed E-state index contributed by atoms with van der Waals surface area (Å²) in [6.45, 7) is 4.87. The third-order valence-corrected chi connectivity index (χ3v) is 4.86. The zero-order chi connectivity index (χ0) is 12.5. The Morgan fingerprint density at radius 2 is 2.33 bits per heavy atom. The number of rotatable bonds is 3. The molecule has 0 amide bonds. The van der Waals surface area contributed by atoms with Gasteiger partial charge in [-0.3, -0.25) is 4.90 Å². The average Bonchev–Trinajstić information content (AvgIpc) is 2.83. The van der Waals surface area contributed by atoms with Gasteiger partial charge in [-0.1, -0.05) is 6.92 Å². The van der Waals surface area contributed by atoms with Crippen LogP contribution in [0.1, 0.15) is 32.6 Å². The summed E-state index contributed by atoms with van der Waals surface area (Å²) >= 11 is 0. The maximum atomic E-state index is 9.49. The van der Waals surface area contributed by atoms with Crippen molar-refractivity contribution in [2.75, 3.05) is 19.7 Å². The Kier molecular flexibility index (Phi) is 3.59. The highest BCUT2D eigenvalue weighted by Gasteiger charge is 2.42. The molecule has 1 saturated carbocycles. The summed E-state index contributed by atoms with van der Waals surface area (Å²) in [5.74, 6) is 1.23. The maximum Gasteiger partial charge on any atom is 0.0490 e. The van der Waals surface area contributed by atoms with Gasteiger partial charge in [0.05, 0.1) is 0 Å². The van der Waals surface area contributed by atoms with E-state index in [-0.39, 0.29) is 0 Å². The summed E-state index contributed by atoms with van der Waals surface area (Å²) in [4.78, 5) is 2.63. The number of piperidine rings is 1. The van der Waals surface area contributed by atoms with Gasteiger partial charge in [-0.25, -0.2) is 5.43 Å². The van der Waals surface area contributed by atoms with Gasteiger partial charge in [-0.15, -0.1) is 0 Å². The van der Waals surface area contributed by atoms with Crippen LogP contribution in [0.2, 0.25) is 0 Å². The predicted octanol–water partition coefficient (Wildman–Crippen LogP) is 0.850. The zero-order valence-corrected chi connectivity index (χ0v) is 11.2. The highest BCUT2D eigenvalue weighted by Crippen LogP contribution is 2.40. The number of aliphatic hydroxyl groups is 1. The third kappa shape index (κ3) is 2.17. The van der Waals surface area contributed by atoms with Gasteiger partial charge in [0.1, 0.15) is 0 Å². The topological polar surface area (TPSA) is 47.5 Å². The molecule has 1 saturated heterocycles. The van der Waals surface area contributed by atoms with Gasteiger partial charge in [0.2, 0.25) is 0 Å². The molecule has 3 aliphatic rings. The number of fused-ring (bicyclic) bond motifs is 2. The molecule has 0 aromatic rings. The molecule has 102 valence electrons. The molecule has 0 bridgehead atoms. The molecule has 0 spiro atoms. The van der Waals surface area contributed by atoms with Crippen molar-refractivity contribution < 1.29 is 5.11 Å². The fraction of sp³-hybridized carbons (Fsp3) is 0.857. The molecular formula is C14H25N3O. The van der Waals surface area contributed by atoms with Crippen LogP contribution in [0.3, 0.4) is 0 Å². The third-order valence-electron chi connectivity index (χ3n) is 4.86. The minimum absolute atomic E-state index is 0.350. The first-order valence-corrected chi connectivity index (χ1v) is 7.36. The van der Waals surface area contributed by atoms with Gasteiger partial charge in [-0.2, -0.15) is 0 Å². The largest absolute Gasteiger partial charge is 0.396 e. The van der Waals surface area contributed by atoms with Crippen molar-refractivity contribution in [2.24, 2.45) is 11.8 Å². The van der Waals surface area contributed by atoms with Gasteiger partial charge in [-0.05, 0) is 49.6 Å². The molecular weight excluding hydrogens is 226 g/mol. The molecule has 3 rings (SSSR count). The van der Waals surface area contributed by atoms with Crippen molar-refractivity contribution in [3.05, 3.63) is 11.8 Å². The molecule has 4 heteroatoms. The number of nitrogens with one attached hydrogen (secondary N) is 2. The van der Waals surface area contributed by atoms with Crippen molar-refractivity contribution in [2.45, 2.75) is 44.7 Å². The van der Waals surface area contributed by atoms with E-state index in [0.29, 0.717) is 24.6 Å². The normalized spacial score (nSPS) is 39.8.